The second-order valence-corrected chi connectivity index (χ2v) is 3.17. The number of amides is 1. The highest BCUT2D eigenvalue weighted by molar-refractivity contribution is 5.84. The molecule has 0 fully saturated rings. The van der Waals surface area contributed by atoms with Crippen LogP contribution >= 0.6 is 0 Å². The number of anilines is 1. The Morgan fingerprint density at radius 1 is 1.40 bits per heavy atom. The lowest BCUT2D eigenvalue weighted by atomic mass is 10.1. The highest BCUT2D eigenvalue weighted by atomic mass is 16.5. The summed E-state index contributed by atoms with van der Waals surface area (Å²) in [5, 5.41) is 2.65. The molecular weight excluding hydrogens is 190 g/mol. The number of carbonyl (C=O) groups is 1. The molecule has 0 unspecified atom stereocenters. The van der Waals surface area contributed by atoms with Crippen LogP contribution in [-0.2, 0) is 4.74 Å². The van der Waals surface area contributed by atoms with E-state index in [0.717, 1.165) is 17.7 Å². The molecule has 81 valence electrons. The summed E-state index contributed by atoms with van der Waals surface area (Å²) in [6.45, 7) is 4.38. The Hall–Kier alpha value is -1.51. The van der Waals surface area contributed by atoms with Crippen molar-refractivity contribution in [1.29, 1.82) is 0 Å². The van der Waals surface area contributed by atoms with E-state index in [1.807, 2.05) is 44.5 Å². The molecule has 0 spiro atoms. The molecule has 15 heavy (non-hydrogen) atoms. The van der Waals surface area contributed by atoms with Gasteiger partial charge < -0.3 is 4.74 Å². The van der Waals surface area contributed by atoms with Gasteiger partial charge in [-0.25, -0.2) is 4.79 Å². The van der Waals surface area contributed by atoms with Crippen molar-refractivity contribution in [2.75, 3.05) is 11.9 Å². The zero-order chi connectivity index (χ0) is 11.1. The summed E-state index contributed by atoms with van der Waals surface area (Å²) >= 11 is 0. The molecule has 0 heterocycles. The highest BCUT2D eigenvalue weighted by Crippen LogP contribution is 2.10. The highest BCUT2D eigenvalue weighted by Gasteiger charge is 2.01. The van der Waals surface area contributed by atoms with E-state index in [2.05, 4.69) is 5.32 Å². The van der Waals surface area contributed by atoms with Crippen LogP contribution < -0.4 is 5.32 Å². The Balaban J connectivity index is 2.46. The van der Waals surface area contributed by atoms with E-state index in [9.17, 15) is 4.79 Å². The SMILES string of the molecule is C[CH]c1ccc(NC(=O)OCCC)cc1. The van der Waals surface area contributed by atoms with Gasteiger partial charge in [0.1, 0.15) is 0 Å². The minimum absolute atomic E-state index is 0.398. The molecule has 1 rings (SSSR count). The number of hydrogen-bond donors (Lipinski definition) is 1. The molecule has 0 aliphatic carbocycles. The zero-order valence-electron chi connectivity index (χ0n) is 9.12. The van der Waals surface area contributed by atoms with Crippen LogP contribution in [-0.4, -0.2) is 12.7 Å². The first kappa shape index (κ1) is 11.6. The van der Waals surface area contributed by atoms with E-state index in [1.165, 1.54) is 0 Å². The molecule has 1 aromatic carbocycles. The Labute approximate surface area is 90.4 Å². The summed E-state index contributed by atoms with van der Waals surface area (Å²) in [6, 6.07) is 7.58. The maximum atomic E-state index is 11.2. The molecule has 0 aromatic heterocycles. The van der Waals surface area contributed by atoms with Crippen LogP contribution in [0, 0.1) is 6.42 Å². The number of ether oxygens (including phenoxy) is 1. The van der Waals surface area contributed by atoms with Crippen molar-refractivity contribution in [1.82, 2.24) is 0 Å². The molecule has 1 aromatic rings. The smallest absolute Gasteiger partial charge is 0.411 e. The Kier molecular flexibility index (Phi) is 4.68. The van der Waals surface area contributed by atoms with Gasteiger partial charge in [-0.2, -0.15) is 0 Å². The number of hydrogen-bond acceptors (Lipinski definition) is 2. The predicted octanol–water partition coefficient (Wildman–Crippen LogP) is 3.22. The predicted molar refractivity (Wildman–Crippen MR) is 60.8 cm³/mol. The van der Waals surface area contributed by atoms with Crippen LogP contribution in [0.1, 0.15) is 25.8 Å². The van der Waals surface area contributed by atoms with Crippen LogP contribution in [0.3, 0.4) is 0 Å². The van der Waals surface area contributed by atoms with Crippen molar-refractivity contribution in [3.63, 3.8) is 0 Å². The van der Waals surface area contributed by atoms with Crippen molar-refractivity contribution >= 4 is 11.8 Å². The van der Waals surface area contributed by atoms with E-state index < -0.39 is 6.09 Å². The number of rotatable bonds is 4. The third kappa shape index (κ3) is 4.02. The van der Waals surface area contributed by atoms with Gasteiger partial charge in [0.05, 0.1) is 6.61 Å². The van der Waals surface area contributed by atoms with E-state index in [0.29, 0.717) is 6.61 Å². The number of carbonyl (C=O) groups excluding carboxylic acids is 1. The molecule has 0 saturated carbocycles. The second-order valence-electron chi connectivity index (χ2n) is 3.17. The molecule has 1 radical (unpaired) electrons. The third-order valence-corrected chi connectivity index (χ3v) is 1.93. The van der Waals surface area contributed by atoms with Crippen LogP contribution in [0.2, 0.25) is 0 Å². The minimum Gasteiger partial charge on any atom is -0.449 e. The molecule has 0 aliphatic heterocycles. The standard InChI is InChI=1S/C12H16NO2/c1-3-9-15-12(14)13-11-7-5-10(4-2)6-8-11/h4-8H,3,9H2,1-2H3,(H,13,14). The van der Waals surface area contributed by atoms with E-state index in [-0.39, 0.29) is 0 Å². The van der Waals surface area contributed by atoms with Gasteiger partial charge in [0.15, 0.2) is 0 Å². The molecule has 0 saturated heterocycles. The number of nitrogens with one attached hydrogen (secondary N) is 1. The van der Waals surface area contributed by atoms with Gasteiger partial charge in [-0.1, -0.05) is 26.0 Å². The molecular formula is C12H16NO2. The maximum Gasteiger partial charge on any atom is 0.411 e. The van der Waals surface area contributed by atoms with Crippen LogP contribution in [0.4, 0.5) is 10.5 Å². The van der Waals surface area contributed by atoms with Crippen molar-refractivity contribution < 1.29 is 9.53 Å². The van der Waals surface area contributed by atoms with Crippen LogP contribution in [0.5, 0.6) is 0 Å². The average Bonchev–Trinajstić information content (AvgIpc) is 2.27. The molecule has 0 atom stereocenters. The fourth-order valence-electron chi connectivity index (χ4n) is 1.11. The summed E-state index contributed by atoms with van der Waals surface area (Å²) < 4.78 is 4.89. The van der Waals surface area contributed by atoms with Gasteiger partial charge in [0, 0.05) is 5.69 Å². The molecule has 1 N–H and O–H groups in total. The Bertz CT molecular complexity index is 306. The van der Waals surface area contributed by atoms with Crippen LogP contribution in [0.25, 0.3) is 0 Å². The first-order valence-corrected chi connectivity index (χ1v) is 5.09. The zero-order valence-corrected chi connectivity index (χ0v) is 9.12. The van der Waals surface area contributed by atoms with Gasteiger partial charge >= 0.3 is 6.09 Å². The third-order valence-electron chi connectivity index (χ3n) is 1.93. The minimum atomic E-state index is -0.398. The largest absolute Gasteiger partial charge is 0.449 e. The normalized spacial score (nSPS) is 9.73. The molecule has 3 nitrogen and oxygen atoms in total. The molecule has 1 amide bonds. The fourth-order valence-corrected chi connectivity index (χ4v) is 1.11. The lowest BCUT2D eigenvalue weighted by Gasteiger charge is -2.06. The van der Waals surface area contributed by atoms with Crippen molar-refractivity contribution in [3.8, 4) is 0 Å². The second kappa shape index (κ2) is 6.06. The summed E-state index contributed by atoms with van der Waals surface area (Å²) in [5.41, 5.74) is 1.88. The van der Waals surface area contributed by atoms with E-state index >= 15 is 0 Å². The molecule has 0 bridgehead atoms. The monoisotopic (exact) mass is 206 g/mol. The fraction of sp³-hybridized carbons (Fsp3) is 0.333. The first-order chi connectivity index (χ1) is 7.26. The van der Waals surface area contributed by atoms with Crippen LogP contribution in [0.15, 0.2) is 24.3 Å². The van der Waals surface area contributed by atoms with Gasteiger partial charge in [-0.15, -0.1) is 0 Å². The number of benzene rings is 1. The Morgan fingerprint density at radius 2 is 2.07 bits per heavy atom. The molecule has 0 aliphatic rings. The first-order valence-electron chi connectivity index (χ1n) is 5.09. The quantitative estimate of drug-likeness (QED) is 0.821. The van der Waals surface area contributed by atoms with Crippen molar-refractivity contribution in [2.24, 2.45) is 0 Å². The average molecular weight is 206 g/mol. The summed E-state index contributed by atoms with van der Waals surface area (Å²) in [6.07, 6.45) is 2.43. The summed E-state index contributed by atoms with van der Waals surface area (Å²) in [7, 11) is 0. The van der Waals surface area contributed by atoms with Gasteiger partial charge in [-0.05, 0) is 30.5 Å². The topological polar surface area (TPSA) is 38.3 Å². The van der Waals surface area contributed by atoms with Crippen molar-refractivity contribution in [2.45, 2.75) is 20.3 Å². The van der Waals surface area contributed by atoms with E-state index in [1.54, 1.807) is 0 Å². The summed E-state index contributed by atoms with van der Waals surface area (Å²) in [4.78, 5) is 11.2. The Morgan fingerprint density at radius 3 is 2.60 bits per heavy atom. The van der Waals surface area contributed by atoms with Gasteiger partial charge in [0.25, 0.3) is 0 Å². The summed E-state index contributed by atoms with van der Waals surface area (Å²) in [5.74, 6) is 0. The lowest BCUT2D eigenvalue weighted by Crippen LogP contribution is -2.13. The lowest BCUT2D eigenvalue weighted by molar-refractivity contribution is 0.161. The van der Waals surface area contributed by atoms with Gasteiger partial charge in [0.2, 0.25) is 0 Å². The maximum absolute atomic E-state index is 11.2. The van der Waals surface area contributed by atoms with E-state index in [4.69, 9.17) is 4.74 Å². The van der Waals surface area contributed by atoms with Crippen molar-refractivity contribution in [3.05, 3.63) is 36.2 Å². The molecule has 3 heteroatoms. The van der Waals surface area contributed by atoms with Gasteiger partial charge in [-0.3, -0.25) is 5.32 Å².